The number of piperazine rings is 1. The second-order valence-corrected chi connectivity index (χ2v) is 4.90. The van der Waals surface area contributed by atoms with Gasteiger partial charge < -0.3 is 10.2 Å². The van der Waals surface area contributed by atoms with Crippen molar-refractivity contribution < 1.29 is 9.59 Å². The topological polar surface area (TPSA) is 49.4 Å². The zero-order valence-electron chi connectivity index (χ0n) is 11.6. The van der Waals surface area contributed by atoms with Crippen molar-refractivity contribution in [2.75, 3.05) is 6.54 Å². The Hall–Kier alpha value is -1.32. The summed E-state index contributed by atoms with van der Waals surface area (Å²) in [7, 11) is 0. The molecule has 0 saturated carbocycles. The molecule has 0 bridgehead atoms. The van der Waals surface area contributed by atoms with Crippen LogP contribution in [0, 0.1) is 5.92 Å². The van der Waals surface area contributed by atoms with E-state index in [0.717, 1.165) is 12.8 Å². The largest absolute Gasteiger partial charge is 0.342 e. The van der Waals surface area contributed by atoms with Crippen LogP contribution < -0.4 is 5.32 Å². The Labute approximate surface area is 109 Å². The number of hydrogen-bond acceptors (Lipinski definition) is 2. The molecule has 3 unspecified atom stereocenters. The zero-order chi connectivity index (χ0) is 13.7. The average Bonchev–Trinajstić information content (AvgIpc) is 2.38. The highest BCUT2D eigenvalue weighted by atomic mass is 16.2. The van der Waals surface area contributed by atoms with Gasteiger partial charge in [0.15, 0.2) is 0 Å². The molecule has 1 N–H and O–H groups in total. The fourth-order valence-corrected chi connectivity index (χ4v) is 2.31. The van der Waals surface area contributed by atoms with Crippen LogP contribution in [0.4, 0.5) is 0 Å². The Kier molecular flexibility index (Phi) is 5.38. The molecule has 0 aromatic rings. The molecule has 3 atom stereocenters. The first-order valence-corrected chi connectivity index (χ1v) is 6.78. The summed E-state index contributed by atoms with van der Waals surface area (Å²) >= 11 is 0. The fourth-order valence-electron chi connectivity index (χ4n) is 2.31. The molecule has 1 fully saturated rings. The maximum atomic E-state index is 12.4. The van der Waals surface area contributed by atoms with Gasteiger partial charge in [-0.25, -0.2) is 0 Å². The zero-order valence-corrected chi connectivity index (χ0v) is 11.6. The summed E-state index contributed by atoms with van der Waals surface area (Å²) in [6.45, 7) is 10.2. The lowest BCUT2D eigenvalue weighted by atomic mass is 9.93. The summed E-state index contributed by atoms with van der Waals surface area (Å²) in [6.07, 6.45) is 4.04. The molecule has 0 aliphatic carbocycles. The van der Waals surface area contributed by atoms with Crippen molar-refractivity contribution in [1.82, 2.24) is 10.2 Å². The van der Waals surface area contributed by atoms with Gasteiger partial charge in [-0.05, 0) is 18.8 Å². The maximum absolute atomic E-state index is 12.4. The average molecular weight is 252 g/mol. The predicted molar refractivity (Wildman–Crippen MR) is 72.0 cm³/mol. The van der Waals surface area contributed by atoms with E-state index in [4.69, 9.17) is 0 Å². The van der Waals surface area contributed by atoms with Crippen molar-refractivity contribution in [2.45, 2.75) is 52.1 Å². The molecular weight excluding hydrogens is 228 g/mol. The number of carbonyl (C=O) groups is 2. The Morgan fingerprint density at radius 2 is 2.11 bits per heavy atom. The molecule has 1 rings (SSSR count). The minimum absolute atomic E-state index is 0.0218. The summed E-state index contributed by atoms with van der Waals surface area (Å²) in [5.41, 5.74) is 0. The normalized spacial score (nSPS) is 25.8. The third-order valence-corrected chi connectivity index (χ3v) is 3.70. The molecule has 4 nitrogen and oxygen atoms in total. The van der Waals surface area contributed by atoms with E-state index >= 15 is 0 Å². The SMILES string of the molecule is C=CCCN1C(=O)C(C(C)CC)NC(=O)C1CC. The summed E-state index contributed by atoms with van der Waals surface area (Å²) < 4.78 is 0. The van der Waals surface area contributed by atoms with Gasteiger partial charge in [-0.2, -0.15) is 0 Å². The predicted octanol–water partition coefficient (Wildman–Crippen LogP) is 1.71. The number of carbonyl (C=O) groups excluding carboxylic acids is 2. The lowest BCUT2D eigenvalue weighted by Gasteiger charge is -2.40. The van der Waals surface area contributed by atoms with Gasteiger partial charge in [-0.15, -0.1) is 6.58 Å². The van der Waals surface area contributed by atoms with E-state index in [1.54, 1.807) is 11.0 Å². The van der Waals surface area contributed by atoms with Crippen molar-refractivity contribution in [3.63, 3.8) is 0 Å². The molecule has 1 heterocycles. The van der Waals surface area contributed by atoms with Crippen molar-refractivity contribution in [2.24, 2.45) is 5.92 Å². The van der Waals surface area contributed by atoms with Gasteiger partial charge in [0.05, 0.1) is 0 Å². The van der Waals surface area contributed by atoms with Gasteiger partial charge >= 0.3 is 0 Å². The molecule has 0 spiro atoms. The fraction of sp³-hybridized carbons (Fsp3) is 0.714. The van der Waals surface area contributed by atoms with Gasteiger partial charge in [0.25, 0.3) is 0 Å². The van der Waals surface area contributed by atoms with Gasteiger partial charge in [-0.3, -0.25) is 9.59 Å². The van der Waals surface area contributed by atoms with Gasteiger partial charge in [0, 0.05) is 6.54 Å². The minimum atomic E-state index is -0.366. The Balaban J connectivity index is 2.89. The van der Waals surface area contributed by atoms with E-state index < -0.39 is 0 Å². The van der Waals surface area contributed by atoms with Crippen LogP contribution in [0.1, 0.15) is 40.0 Å². The Morgan fingerprint density at radius 3 is 2.61 bits per heavy atom. The van der Waals surface area contributed by atoms with Crippen LogP contribution in [-0.4, -0.2) is 35.3 Å². The highest BCUT2D eigenvalue weighted by molar-refractivity contribution is 5.97. The molecule has 1 aliphatic rings. The number of hydrogen-bond donors (Lipinski definition) is 1. The molecule has 18 heavy (non-hydrogen) atoms. The molecule has 0 aromatic heterocycles. The van der Waals surface area contributed by atoms with E-state index in [2.05, 4.69) is 11.9 Å². The van der Waals surface area contributed by atoms with Crippen molar-refractivity contribution in [1.29, 1.82) is 0 Å². The van der Waals surface area contributed by atoms with Crippen molar-refractivity contribution in [3.05, 3.63) is 12.7 Å². The quantitative estimate of drug-likeness (QED) is 0.732. The van der Waals surface area contributed by atoms with E-state index in [1.807, 2.05) is 20.8 Å². The van der Waals surface area contributed by atoms with Crippen LogP contribution in [0.2, 0.25) is 0 Å². The Bertz CT molecular complexity index is 328. The smallest absolute Gasteiger partial charge is 0.246 e. The maximum Gasteiger partial charge on any atom is 0.246 e. The van der Waals surface area contributed by atoms with Crippen LogP contribution in [0.3, 0.4) is 0 Å². The van der Waals surface area contributed by atoms with E-state index in [1.165, 1.54) is 0 Å². The van der Waals surface area contributed by atoms with Crippen LogP contribution in [0.5, 0.6) is 0 Å². The first-order chi connectivity index (χ1) is 8.56. The molecule has 0 radical (unpaired) electrons. The molecule has 1 aliphatic heterocycles. The third kappa shape index (κ3) is 2.92. The van der Waals surface area contributed by atoms with Crippen LogP contribution in [0.15, 0.2) is 12.7 Å². The molecule has 2 amide bonds. The van der Waals surface area contributed by atoms with E-state index in [0.29, 0.717) is 13.0 Å². The number of amides is 2. The lowest BCUT2D eigenvalue weighted by Crippen LogP contribution is -2.64. The van der Waals surface area contributed by atoms with Crippen molar-refractivity contribution >= 4 is 11.8 Å². The van der Waals surface area contributed by atoms with Gasteiger partial charge in [0.2, 0.25) is 11.8 Å². The number of nitrogens with one attached hydrogen (secondary N) is 1. The summed E-state index contributed by atoms with van der Waals surface area (Å²) in [6, 6.07) is -0.687. The van der Waals surface area contributed by atoms with Crippen LogP contribution in [0.25, 0.3) is 0 Å². The second kappa shape index (κ2) is 6.57. The van der Waals surface area contributed by atoms with E-state index in [9.17, 15) is 9.59 Å². The first-order valence-electron chi connectivity index (χ1n) is 6.78. The standard InChI is InChI=1S/C14H24N2O2/c1-5-8-9-16-11(7-3)13(17)15-12(14(16)18)10(4)6-2/h5,10-12H,1,6-9H2,2-4H3,(H,15,17). The molecule has 4 heteroatoms. The lowest BCUT2D eigenvalue weighted by molar-refractivity contribution is -0.150. The monoisotopic (exact) mass is 252 g/mol. The van der Waals surface area contributed by atoms with Gasteiger partial charge in [0.1, 0.15) is 12.1 Å². The molecule has 0 aromatic carbocycles. The molecular formula is C14H24N2O2. The highest BCUT2D eigenvalue weighted by Gasteiger charge is 2.40. The summed E-state index contributed by atoms with van der Waals surface area (Å²) in [4.78, 5) is 26.2. The first kappa shape index (κ1) is 14.7. The van der Waals surface area contributed by atoms with Crippen molar-refractivity contribution in [3.8, 4) is 0 Å². The minimum Gasteiger partial charge on any atom is -0.342 e. The second-order valence-electron chi connectivity index (χ2n) is 4.90. The highest BCUT2D eigenvalue weighted by Crippen LogP contribution is 2.19. The van der Waals surface area contributed by atoms with Crippen LogP contribution >= 0.6 is 0 Å². The van der Waals surface area contributed by atoms with Gasteiger partial charge in [-0.1, -0.05) is 33.3 Å². The third-order valence-electron chi connectivity index (χ3n) is 3.70. The van der Waals surface area contributed by atoms with E-state index in [-0.39, 0.29) is 29.8 Å². The Morgan fingerprint density at radius 1 is 1.44 bits per heavy atom. The summed E-state index contributed by atoms with van der Waals surface area (Å²) in [5, 5.41) is 2.87. The summed E-state index contributed by atoms with van der Waals surface area (Å²) in [5.74, 6) is 0.203. The molecule has 102 valence electrons. The number of rotatable bonds is 6. The number of nitrogens with zero attached hydrogens (tertiary/aromatic N) is 1. The molecule has 1 saturated heterocycles. The van der Waals surface area contributed by atoms with Crippen LogP contribution in [-0.2, 0) is 9.59 Å².